The van der Waals surface area contributed by atoms with Gasteiger partial charge in [-0.1, -0.05) is 26.0 Å². The van der Waals surface area contributed by atoms with Gasteiger partial charge in [0.15, 0.2) is 0 Å². The van der Waals surface area contributed by atoms with Gasteiger partial charge < -0.3 is 9.80 Å². The number of nitrogens with zero attached hydrogens (tertiary/aromatic N) is 2. The second kappa shape index (κ2) is 6.96. The molecule has 1 N–H and O–H groups in total. The highest BCUT2D eigenvalue weighted by Gasteiger charge is 2.44. The summed E-state index contributed by atoms with van der Waals surface area (Å²) in [6, 6.07) is 6.09. The van der Waals surface area contributed by atoms with E-state index in [0.717, 1.165) is 13.1 Å². The van der Waals surface area contributed by atoms with Gasteiger partial charge >= 0.3 is 0 Å². The first-order valence-corrected chi connectivity index (χ1v) is 8.97. The molecule has 0 aliphatic carbocycles. The van der Waals surface area contributed by atoms with E-state index in [9.17, 15) is 14.4 Å². The van der Waals surface area contributed by atoms with E-state index in [4.69, 9.17) is 0 Å². The monoisotopic (exact) mass is 344 g/mol. The smallest absolute Gasteiger partial charge is 0.262 e. The zero-order valence-corrected chi connectivity index (χ0v) is 15.1. The van der Waals surface area contributed by atoms with Gasteiger partial charge in [0.2, 0.25) is 5.91 Å². The molecule has 1 aromatic carbocycles. The number of likely N-dealkylation sites (N-methyl/N-ethyl adjacent to an activating group) is 1. The lowest BCUT2D eigenvalue weighted by Gasteiger charge is -2.35. The SMILES string of the molecule is CC(C)C[C@@H](C(=O)N1CC[NH+](C)CC1)N1C(=O)c2ccccc2C1=O. The van der Waals surface area contributed by atoms with Gasteiger partial charge in [-0.15, -0.1) is 0 Å². The Balaban J connectivity index is 1.88. The largest absolute Gasteiger partial charge is 0.334 e. The minimum Gasteiger partial charge on any atom is -0.334 e. The number of fused-ring (bicyclic) bond motifs is 1. The Morgan fingerprint density at radius 2 is 1.60 bits per heavy atom. The van der Waals surface area contributed by atoms with Crippen LogP contribution in [0.25, 0.3) is 0 Å². The highest BCUT2D eigenvalue weighted by Crippen LogP contribution is 2.27. The first-order chi connectivity index (χ1) is 11.9. The Hall–Kier alpha value is -2.21. The van der Waals surface area contributed by atoms with E-state index < -0.39 is 6.04 Å². The molecule has 6 heteroatoms. The molecule has 0 bridgehead atoms. The summed E-state index contributed by atoms with van der Waals surface area (Å²) in [7, 11) is 2.11. The summed E-state index contributed by atoms with van der Waals surface area (Å²) < 4.78 is 0. The number of piperazine rings is 1. The fraction of sp³-hybridized carbons (Fsp3) is 0.526. The number of carbonyl (C=O) groups is 3. The maximum Gasteiger partial charge on any atom is 0.262 e. The third kappa shape index (κ3) is 3.31. The van der Waals surface area contributed by atoms with Crippen molar-refractivity contribution in [2.75, 3.05) is 33.2 Å². The number of amides is 3. The Bertz CT molecular complexity index is 658. The van der Waals surface area contributed by atoms with Crippen LogP contribution in [0.4, 0.5) is 0 Å². The Morgan fingerprint density at radius 3 is 2.08 bits per heavy atom. The highest BCUT2D eigenvalue weighted by atomic mass is 16.2. The number of rotatable bonds is 4. The van der Waals surface area contributed by atoms with Gasteiger partial charge in [0.05, 0.1) is 44.4 Å². The van der Waals surface area contributed by atoms with Gasteiger partial charge in [-0.3, -0.25) is 19.3 Å². The zero-order chi connectivity index (χ0) is 18.1. The van der Waals surface area contributed by atoms with Crippen molar-refractivity contribution in [3.05, 3.63) is 35.4 Å². The van der Waals surface area contributed by atoms with E-state index in [0.29, 0.717) is 30.6 Å². The highest BCUT2D eigenvalue weighted by molar-refractivity contribution is 6.22. The van der Waals surface area contributed by atoms with Crippen molar-refractivity contribution >= 4 is 17.7 Å². The molecular formula is C19H26N3O3+. The number of carbonyl (C=O) groups excluding carboxylic acids is 3. The number of quaternary nitrogens is 1. The summed E-state index contributed by atoms with van der Waals surface area (Å²) >= 11 is 0. The maximum atomic E-state index is 13.1. The number of imide groups is 1. The summed E-state index contributed by atoms with van der Waals surface area (Å²) in [4.78, 5) is 43.1. The van der Waals surface area contributed by atoms with Crippen LogP contribution in [0.15, 0.2) is 24.3 Å². The second-order valence-electron chi connectivity index (χ2n) is 7.45. The van der Waals surface area contributed by atoms with E-state index >= 15 is 0 Å². The number of hydrogen-bond acceptors (Lipinski definition) is 3. The van der Waals surface area contributed by atoms with Crippen molar-refractivity contribution in [1.82, 2.24) is 9.80 Å². The molecule has 6 nitrogen and oxygen atoms in total. The van der Waals surface area contributed by atoms with E-state index in [-0.39, 0.29) is 23.6 Å². The lowest BCUT2D eigenvalue weighted by atomic mass is 10.0. The normalized spacial score (nSPS) is 19.5. The standard InChI is InChI=1S/C19H25N3O3/c1-13(2)12-16(19(25)21-10-8-20(3)9-11-21)22-17(23)14-6-4-5-7-15(14)18(22)24/h4-7,13,16H,8-12H2,1-3H3/p+1/t16-/m0/s1. The van der Waals surface area contributed by atoms with E-state index in [2.05, 4.69) is 7.05 Å². The van der Waals surface area contributed by atoms with Crippen LogP contribution in [0, 0.1) is 5.92 Å². The molecular weight excluding hydrogens is 318 g/mol. The van der Waals surface area contributed by atoms with Crippen molar-refractivity contribution < 1.29 is 19.3 Å². The molecule has 0 unspecified atom stereocenters. The lowest BCUT2D eigenvalue weighted by Crippen LogP contribution is -3.12. The molecule has 134 valence electrons. The molecule has 1 aromatic rings. The van der Waals surface area contributed by atoms with Crippen molar-refractivity contribution in [3.63, 3.8) is 0 Å². The second-order valence-corrected chi connectivity index (χ2v) is 7.45. The Morgan fingerprint density at radius 1 is 1.08 bits per heavy atom. The van der Waals surface area contributed by atoms with E-state index in [1.807, 2.05) is 18.7 Å². The van der Waals surface area contributed by atoms with E-state index in [1.54, 1.807) is 24.3 Å². The van der Waals surface area contributed by atoms with Crippen LogP contribution in [-0.2, 0) is 4.79 Å². The average molecular weight is 344 g/mol. The molecule has 0 radical (unpaired) electrons. The summed E-state index contributed by atoms with van der Waals surface area (Å²) in [6.07, 6.45) is 0.490. The molecule has 2 aliphatic heterocycles. The molecule has 3 amide bonds. The summed E-state index contributed by atoms with van der Waals surface area (Å²) in [5, 5.41) is 0. The van der Waals surface area contributed by atoms with Crippen molar-refractivity contribution in [1.29, 1.82) is 0 Å². The number of nitrogens with one attached hydrogen (secondary N) is 1. The van der Waals surface area contributed by atoms with Crippen molar-refractivity contribution in [2.45, 2.75) is 26.3 Å². The molecule has 2 aliphatic rings. The predicted octanol–water partition coefficient (Wildman–Crippen LogP) is 0.0542. The zero-order valence-electron chi connectivity index (χ0n) is 15.1. The quantitative estimate of drug-likeness (QED) is 0.786. The summed E-state index contributed by atoms with van der Waals surface area (Å²) in [5.41, 5.74) is 0.800. The molecule has 0 saturated carbocycles. The van der Waals surface area contributed by atoms with Crippen molar-refractivity contribution in [2.24, 2.45) is 5.92 Å². The maximum absolute atomic E-state index is 13.1. The summed E-state index contributed by atoms with van der Waals surface area (Å²) in [5.74, 6) is -0.592. The van der Waals surface area contributed by atoms with Gasteiger partial charge in [0.25, 0.3) is 11.8 Å². The minimum absolute atomic E-state index is 0.101. The van der Waals surface area contributed by atoms with E-state index in [1.165, 1.54) is 9.80 Å². The molecule has 1 atom stereocenters. The molecule has 0 aromatic heterocycles. The third-order valence-corrected chi connectivity index (χ3v) is 5.05. The molecule has 2 heterocycles. The number of hydrogen-bond donors (Lipinski definition) is 1. The summed E-state index contributed by atoms with van der Waals surface area (Å²) in [6.45, 7) is 7.13. The fourth-order valence-corrected chi connectivity index (χ4v) is 3.57. The van der Waals surface area contributed by atoms with Gasteiger partial charge in [-0.2, -0.15) is 0 Å². The molecule has 3 rings (SSSR count). The topological polar surface area (TPSA) is 62.1 Å². The minimum atomic E-state index is -0.717. The predicted molar refractivity (Wildman–Crippen MR) is 93.4 cm³/mol. The van der Waals surface area contributed by atoms with Crippen LogP contribution < -0.4 is 4.90 Å². The molecule has 25 heavy (non-hydrogen) atoms. The molecule has 0 spiro atoms. The van der Waals surface area contributed by atoms with Crippen LogP contribution in [0.3, 0.4) is 0 Å². The van der Waals surface area contributed by atoms with Gasteiger partial charge in [0.1, 0.15) is 6.04 Å². The molecule has 1 saturated heterocycles. The first-order valence-electron chi connectivity index (χ1n) is 8.97. The van der Waals surface area contributed by atoms with Gasteiger partial charge in [-0.05, 0) is 24.5 Å². The van der Waals surface area contributed by atoms with Crippen LogP contribution in [0.1, 0.15) is 41.0 Å². The van der Waals surface area contributed by atoms with Crippen LogP contribution >= 0.6 is 0 Å². The van der Waals surface area contributed by atoms with Crippen LogP contribution in [0.5, 0.6) is 0 Å². The van der Waals surface area contributed by atoms with Crippen LogP contribution in [0.2, 0.25) is 0 Å². The van der Waals surface area contributed by atoms with Gasteiger partial charge in [-0.25, -0.2) is 0 Å². The fourth-order valence-electron chi connectivity index (χ4n) is 3.57. The third-order valence-electron chi connectivity index (χ3n) is 5.05. The lowest BCUT2D eigenvalue weighted by molar-refractivity contribution is -0.883. The van der Waals surface area contributed by atoms with Crippen LogP contribution in [-0.4, -0.2) is 66.8 Å². The molecule has 1 fully saturated rings. The average Bonchev–Trinajstić information content (AvgIpc) is 2.84. The Labute approximate surface area is 148 Å². The number of benzene rings is 1. The first kappa shape index (κ1) is 17.6. The van der Waals surface area contributed by atoms with Crippen molar-refractivity contribution in [3.8, 4) is 0 Å². The Kier molecular flexibility index (Phi) is 4.90. The van der Waals surface area contributed by atoms with Gasteiger partial charge in [0, 0.05) is 0 Å².